The quantitative estimate of drug-likeness (QED) is 0.805. The second kappa shape index (κ2) is 6.92. The van der Waals surface area contributed by atoms with Gasteiger partial charge in [-0.05, 0) is 24.7 Å². The third-order valence-electron chi connectivity index (χ3n) is 4.42. The van der Waals surface area contributed by atoms with E-state index in [0.717, 1.165) is 45.6 Å². The van der Waals surface area contributed by atoms with Crippen LogP contribution in [-0.2, 0) is 4.79 Å². The Morgan fingerprint density at radius 1 is 1.25 bits per heavy atom. The van der Waals surface area contributed by atoms with Crippen LogP contribution < -0.4 is 5.32 Å². The van der Waals surface area contributed by atoms with Crippen molar-refractivity contribution < 1.29 is 14.7 Å². The molecule has 6 heteroatoms. The monoisotopic (exact) mass is 283 g/mol. The summed E-state index contributed by atoms with van der Waals surface area (Å²) in [7, 11) is 0. The van der Waals surface area contributed by atoms with Crippen LogP contribution in [0.4, 0.5) is 4.79 Å². The lowest BCUT2D eigenvalue weighted by Crippen LogP contribution is -2.53. The van der Waals surface area contributed by atoms with Crippen LogP contribution in [0.1, 0.15) is 26.2 Å². The lowest BCUT2D eigenvalue weighted by molar-refractivity contribution is -0.138. The number of piperazine rings is 1. The molecule has 0 aromatic rings. The summed E-state index contributed by atoms with van der Waals surface area (Å²) < 4.78 is 0. The number of hydrogen-bond acceptors (Lipinski definition) is 3. The molecule has 114 valence electrons. The van der Waals surface area contributed by atoms with E-state index >= 15 is 0 Å². The predicted molar refractivity (Wildman–Crippen MR) is 75.6 cm³/mol. The van der Waals surface area contributed by atoms with E-state index in [0.29, 0.717) is 12.5 Å². The molecule has 2 fully saturated rings. The van der Waals surface area contributed by atoms with Gasteiger partial charge in [-0.15, -0.1) is 0 Å². The van der Waals surface area contributed by atoms with Crippen LogP contribution in [0.2, 0.25) is 0 Å². The van der Waals surface area contributed by atoms with Gasteiger partial charge in [0.1, 0.15) is 0 Å². The van der Waals surface area contributed by atoms with Crippen molar-refractivity contribution >= 4 is 12.0 Å². The summed E-state index contributed by atoms with van der Waals surface area (Å²) in [4.78, 5) is 27.1. The molecule has 2 amide bonds. The molecule has 2 rings (SSSR count). The van der Waals surface area contributed by atoms with Gasteiger partial charge in [-0.3, -0.25) is 4.79 Å². The first-order chi connectivity index (χ1) is 9.58. The third kappa shape index (κ3) is 3.85. The number of rotatable bonds is 3. The minimum absolute atomic E-state index is 0.124. The second-order valence-corrected chi connectivity index (χ2v) is 5.94. The van der Waals surface area contributed by atoms with Crippen LogP contribution in [0, 0.1) is 11.8 Å². The number of amides is 2. The minimum atomic E-state index is -0.747. The molecular weight excluding hydrogens is 258 g/mol. The third-order valence-corrected chi connectivity index (χ3v) is 4.42. The fraction of sp³-hybridized carbons (Fsp3) is 0.857. The molecule has 2 aliphatic rings. The maximum absolute atomic E-state index is 12.5. The van der Waals surface area contributed by atoms with Gasteiger partial charge in [0.2, 0.25) is 0 Å². The molecule has 0 radical (unpaired) electrons. The van der Waals surface area contributed by atoms with Gasteiger partial charge < -0.3 is 20.2 Å². The molecule has 0 aromatic heterocycles. The summed E-state index contributed by atoms with van der Waals surface area (Å²) in [6, 6.07) is 0.124. The molecule has 2 N–H and O–H groups in total. The van der Waals surface area contributed by atoms with Crippen LogP contribution in [0.25, 0.3) is 0 Å². The van der Waals surface area contributed by atoms with Gasteiger partial charge in [0, 0.05) is 45.7 Å². The zero-order chi connectivity index (χ0) is 14.5. The zero-order valence-corrected chi connectivity index (χ0v) is 12.2. The molecule has 0 bridgehead atoms. The van der Waals surface area contributed by atoms with E-state index in [9.17, 15) is 9.59 Å². The van der Waals surface area contributed by atoms with Gasteiger partial charge in [0.25, 0.3) is 0 Å². The molecule has 0 saturated carbocycles. The van der Waals surface area contributed by atoms with Crippen molar-refractivity contribution in [3.63, 3.8) is 0 Å². The highest BCUT2D eigenvalue weighted by molar-refractivity contribution is 5.74. The topological polar surface area (TPSA) is 72.9 Å². The number of carbonyl (C=O) groups is 2. The Hall–Kier alpha value is -1.30. The van der Waals surface area contributed by atoms with E-state index in [2.05, 4.69) is 5.32 Å². The maximum atomic E-state index is 12.5. The number of likely N-dealkylation sites (tertiary alicyclic amines) is 1. The van der Waals surface area contributed by atoms with Gasteiger partial charge >= 0.3 is 12.0 Å². The van der Waals surface area contributed by atoms with Gasteiger partial charge in [-0.2, -0.15) is 0 Å². The SMILES string of the molecule is CC(CC(=O)O)C1CCCN(C(=O)N2CCNCC2)C1. The van der Waals surface area contributed by atoms with Crippen molar-refractivity contribution in [1.82, 2.24) is 15.1 Å². The summed E-state index contributed by atoms with van der Waals surface area (Å²) in [5, 5.41) is 12.1. The summed E-state index contributed by atoms with van der Waals surface area (Å²) in [5.41, 5.74) is 0. The van der Waals surface area contributed by atoms with Crippen molar-refractivity contribution in [3.05, 3.63) is 0 Å². The Morgan fingerprint density at radius 3 is 2.60 bits per heavy atom. The Morgan fingerprint density at radius 2 is 1.95 bits per heavy atom. The van der Waals surface area contributed by atoms with E-state index in [-0.39, 0.29) is 18.4 Å². The number of carboxylic acids is 1. The van der Waals surface area contributed by atoms with Crippen molar-refractivity contribution in [1.29, 1.82) is 0 Å². The Labute approximate surface area is 120 Å². The zero-order valence-electron chi connectivity index (χ0n) is 12.2. The Bertz CT molecular complexity index is 356. The Kier molecular flexibility index (Phi) is 5.23. The normalized spacial score (nSPS) is 25.4. The Balaban J connectivity index is 1.88. The summed E-state index contributed by atoms with van der Waals surface area (Å²) in [6.45, 7) is 6.75. The molecule has 20 heavy (non-hydrogen) atoms. The first-order valence-electron chi connectivity index (χ1n) is 7.54. The van der Waals surface area contributed by atoms with Gasteiger partial charge in [-0.1, -0.05) is 6.92 Å². The molecule has 0 aliphatic carbocycles. The molecule has 0 aromatic carbocycles. The molecule has 2 heterocycles. The first kappa shape index (κ1) is 15.1. The number of piperidine rings is 1. The highest BCUT2D eigenvalue weighted by atomic mass is 16.4. The average Bonchev–Trinajstić information content (AvgIpc) is 2.47. The van der Waals surface area contributed by atoms with Crippen molar-refractivity contribution in [3.8, 4) is 0 Å². The van der Waals surface area contributed by atoms with E-state index in [1.54, 1.807) is 0 Å². The minimum Gasteiger partial charge on any atom is -0.481 e. The number of carboxylic acid groups (broad SMARTS) is 1. The van der Waals surface area contributed by atoms with Crippen LogP contribution in [0.15, 0.2) is 0 Å². The van der Waals surface area contributed by atoms with Crippen LogP contribution in [0.3, 0.4) is 0 Å². The molecule has 2 saturated heterocycles. The molecule has 2 atom stereocenters. The number of urea groups is 1. The van der Waals surface area contributed by atoms with Crippen LogP contribution in [0.5, 0.6) is 0 Å². The van der Waals surface area contributed by atoms with Gasteiger partial charge in [-0.25, -0.2) is 4.79 Å². The van der Waals surface area contributed by atoms with E-state index in [1.165, 1.54) is 0 Å². The average molecular weight is 283 g/mol. The van der Waals surface area contributed by atoms with Crippen molar-refractivity contribution in [2.24, 2.45) is 11.8 Å². The second-order valence-electron chi connectivity index (χ2n) is 5.94. The molecule has 6 nitrogen and oxygen atoms in total. The molecular formula is C14H25N3O3. The largest absolute Gasteiger partial charge is 0.481 e. The molecule has 0 spiro atoms. The summed E-state index contributed by atoms with van der Waals surface area (Å²) in [6.07, 6.45) is 2.20. The van der Waals surface area contributed by atoms with Crippen molar-refractivity contribution in [2.75, 3.05) is 39.3 Å². The van der Waals surface area contributed by atoms with Gasteiger partial charge in [0.15, 0.2) is 0 Å². The standard InChI is InChI=1S/C14H25N3O3/c1-11(9-13(18)19)12-3-2-6-17(10-12)14(20)16-7-4-15-5-8-16/h11-12,15H,2-10H2,1H3,(H,18,19). The summed E-state index contributed by atoms with van der Waals surface area (Å²) in [5.74, 6) is -0.305. The maximum Gasteiger partial charge on any atom is 0.320 e. The molecule has 2 aliphatic heterocycles. The van der Waals surface area contributed by atoms with Crippen molar-refractivity contribution in [2.45, 2.75) is 26.2 Å². The fourth-order valence-corrected chi connectivity index (χ4v) is 3.15. The number of carbonyl (C=O) groups excluding carboxylic acids is 1. The van der Waals surface area contributed by atoms with E-state index in [4.69, 9.17) is 5.11 Å². The predicted octanol–water partition coefficient (Wildman–Crippen LogP) is 0.834. The number of aliphatic carboxylic acids is 1. The number of hydrogen-bond donors (Lipinski definition) is 2. The lowest BCUT2D eigenvalue weighted by atomic mass is 9.85. The lowest BCUT2D eigenvalue weighted by Gasteiger charge is -2.39. The van der Waals surface area contributed by atoms with Crippen LogP contribution >= 0.6 is 0 Å². The summed E-state index contributed by atoms with van der Waals surface area (Å²) >= 11 is 0. The van der Waals surface area contributed by atoms with E-state index < -0.39 is 5.97 Å². The van der Waals surface area contributed by atoms with Gasteiger partial charge in [0.05, 0.1) is 0 Å². The highest BCUT2D eigenvalue weighted by Gasteiger charge is 2.30. The van der Waals surface area contributed by atoms with E-state index in [1.807, 2.05) is 16.7 Å². The highest BCUT2D eigenvalue weighted by Crippen LogP contribution is 2.26. The number of nitrogens with zero attached hydrogens (tertiary/aromatic N) is 2. The first-order valence-corrected chi connectivity index (χ1v) is 7.54. The molecule has 2 unspecified atom stereocenters. The fourth-order valence-electron chi connectivity index (χ4n) is 3.15. The van der Waals surface area contributed by atoms with Crippen LogP contribution in [-0.4, -0.2) is 66.2 Å². The number of nitrogens with one attached hydrogen (secondary N) is 1. The smallest absolute Gasteiger partial charge is 0.320 e.